The van der Waals surface area contributed by atoms with Gasteiger partial charge in [0.15, 0.2) is 6.29 Å². The van der Waals surface area contributed by atoms with Crippen LogP contribution in [-0.2, 0) is 0 Å². The number of hydrogen-bond donors (Lipinski definition) is 3. The standard InChI is InChI=1S/C12H15F2NO3/c1-15-3-2-11(17)12(18)7-4-9(13)8(6-16)10(14)5-7/h4-6,11-12,15,17-18H,2-3H2,1H3. The number of nitrogens with one attached hydrogen (secondary N) is 1. The topological polar surface area (TPSA) is 69.6 Å². The van der Waals surface area contributed by atoms with E-state index in [4.69, 9.17) is 0 Å². The van der Waals surface area contributed by atoms with Crippen LogP contribution < -0.4 is 5.32 Å². The number of benzene rings is 1. The second-order valence-electron chi connectivity index (χ2n) is 3.92. The van der Waals surface area contributed by atoms with Gasteiger partial charge in [0.25, 0.3) is 0 Å². The number of aldehydes is 1. The van der Waals surface area contributed by atoms with Crippen molar-refractivity contribution in [1.82, 2.24) is 5.32 Å². The number of aliphatic hydroxyl groups excluding tert-OH is 2. The first-order valence-corrected chi connectivity index (χ1v) is 5.46. The van der Waals surface area contributed by atoms with Crippen molar-refractivity contribution in [1.29, 1.82) is 0 Å². The average Bonchev–Trinajstić information content (AvgIpc) is 2.34. The van der Waals surface area contributed by atoms with E-state index in [-0.39, 0.29) is 18.3 Å². The zero-order chi connectivity index (χ0) is 13.7. The van der Waals surface area contributed by atoms with Crippen molar-refractivity contribution in [2.75, 3.05) is 13.6 Å². The zero-order valence-electron chi connectivity index (χ0n) is 9.86. The molecule has 1 aromatic rings. The average molecular weight is 259 g/mol. The lowest BCUT2D eigenvalue weighted by molar-refractivity contribution is 0.0137. The SMILES string of the molecule is CNCCC(O)C(O)c1cc(F)c(C=O)c(F)c1. The quantitative estimate of drug-likeness (QED) is 0.660. The summed E-state index contributed by atoms with van der Waals surface area (Å²) < 4.78 is 26.6. The minimum Gasteiger partial charge on any atom is -0.390 e. The van der Waals surface area contributed by atoms with E-state index in [1.807, 2.05) is 0 Å². The summed E-state index contributed by atoms with van der Waals surface area (Å²) >= 11 is 0. The van der Waals surface area contributed by atoms with E-state index >= 15 is 0 Å². The van der Waals surface area contributed by atoms with Gasteiger partial charge in [-0.3, -0.25) is 4.79 Å². The van der Waals surface area contributed by atoms with Gasteiger partial charge in [-0.1, -0.05) is 0 Å². The summed E-state index contributed by atoms with van der Waals surface area (Å²) in [5.41, 5.74) is -0.783. The molecule has 18 heavy (non-hydrogen) atoms. The van der Waals surface area contributed by atoms with Gasteiger partial charge in [-0.25, -0.2) is 8.78 Å². The van der Waals surface area contributed by atoms with Crippen molar-refractivity contribution in [2.24, 2.45) is 0 Å². The van der Waals surface area contributed by atoms with Crippen LogP contribution in [0.15, 0.2) is 12.1 Å². The fraction of sp³-hybridized carbons (Fsp3) is 0.417. The minimum atomic E-state index is -1.40. The molecular formula is C12H15F2NO3. The summed E-state index contributed by atoms with van der Waals surface area (Å²) in [6, 6.07) is 1.69. The van der Waals surface area contributed by atoms with Crippen molar-refractivity contribution < 1.29 is 23.8 Å². The number of carbonyl (C=O) groups is 1. The lowest BCUT2D eigenvalue weighted by atomic mass is 10.00. The Kier molecular flexibility index (Phi) is 5.33. The molecule has 100 valence electrons. The van der Waals surface area contributed by atoms with Crippen LogP contribution >= 0.6 is 0 Å². The van der Waals surface area contributed by atoms with E-state index < -0.39 is 29.4 Å². The van der Waals surface area contributed by atoms with E-state index in [1.165, 1.54) is 0 Å². The second-order valence-corrected chi connectivity index (χ2v) is 3.92. The summed E-state index contributed by atoms with van der Waals surface area (Å²) in [5, 5.41) is 22.1. The molecule has 0 heterocycles. The molecule has 0 aliphatic heterocycles. The van der Waals surface area contributed by atoms with Crippen molar-refractivity contribution in [3.63, 3.8) is 0 Å². The molecule has 3 N–H and O–H groups in total. The number of carbonyl (C=O) groups excluding carboxylic acids is 1. The van der Waals surface area contributed by atoms with Gasteiger partial charge < -0.3 is 15.5 Å². The number of rotatable bonds is 6. The van der Waals surface area contributed by atoms with Crippen molar-refractivity contribution >= 4 is 6.29 Å². The van der Waals surface area contributed by atoms with E-state index in [0.29, 0.717) is 6.54 Å². The Morgan fingerprint density at radius 2 is 1.89 bits per heavy atom. The first-order valence-electron chi connectivity index (χ1n) is 5.46. The lowest BCUT2D eigenvalue weighted by Crippen LogP contribution is -2.23. The second kappa shape index (κ2) is 6.53. The predicted molar refractivity (Wildman–Crippen MR) is 61.3 cm³/mol. The Bertz CT molecular complexity index is 403. The molecule has 0 radical (unpaired) electrons. The minimum absolute atomic E-state index is 0.0677. The normalized spacial score (nSPS) is 14.3. The van der Waals surface area contributed by atoms with Crippen LogP contribution in [0.5, 0.6) is 0 Å². The highest BCUT2D eigenvalue weighted by atomic mass is 19.1. The first kappa shape index (κ1) is 14.7. The Morgan fingerprint density at radius 3 is 2.33 bits per heavy atom. The van der Waals surface area contributed by atoms with Gasteiger partial charge in [0.2, 0.25) is 0 Å². The van der Waals surface area contributed by atoms with E-state index in [9.17, 15) is 23.8 Å². The molecule has 0 spiro atoms. The number of aliphatic hydroxyl groups is 2. The Balaban J connectivity index is 2.93. The highest BCUT2D eigenvalue weighted by molar-refractivity contribution is 5.75. The molecule has 0 bridgehead atoms. The summed E-state index contributed by atoms with van der Waals surface area (Å²) in [4.78, 5) is 10.4. The first-order chi connectivity index (χ1) is 8.51. The predicted octanol–water partition coefficient (Wildman–Crippen LogP) is 0.781. The van der Waals surface area contributed by atoms with Crippen LogP contribution in [0.1, 0.15) is 28.4 Å². The lowest BCUT2D eigenvalue weighted by Gasteiger charge is -2.18. The number of hydrogen-bond acceptors (Lipinski definition) is 4. The molecule has 0 aliphatic rings. The molecule has 1 aromatic carbocycles. The summed E-state index contributed by atoms with van der Waals surface area (Å²) in [6.45, 7) is 0.454. The van der Waals surface area contributed by atoms with Gasteiger partial charge in [-0.05, 0) is 37.7 Å². The molecule has 0 saturated heterocycles. The summed E-state index contributed by atoms with van der Waals surface area (Å²) in [5.74, 6) is -2.11. The maximum atomic E-state index is 13.3. The molecule has 4 nitrogen and oxygen atoms in total. The molecule has 0 fully saturated rings. The van der Waals surface area contributed by atoms with Crippen LogP contribution in [0.2, 0.25) is 0 Å². The van der Waals surface area contributed by atoms with Gasteiger partial charge in [-0.15, -0.1) is 0 Å². The molecule has 2 unspecified atom stereocenters. The fourth-order valence-electron chi connectivity index (χ4n) is 1.56. The highest BCUT2D eigenvalue weighted by Crippen LogP contribution is 2.23. The van der Waals surface area contributed by atoms with Crippen LogP contribution in [0.25, 0.3) is 0 Å². The molecule has 1 rings (SSSR count). The van der Waals surface area contributed by atoms with Crippen molar-refractivity contribution in [2.45, 2.75) is 18.6 Å². The number of halogens is 2. The Morgan fingerprint density at radius 1 is 1.33 bits per heavy atom. The van der Waals surface area contributed by atoms with Gasteiger partial charge in [0.05, 0.1) is 11.7 Å². The Labute approximate surface area is 103 Å². The van der Waals surface area contributed by atoms with Crippen LogP contribution in [0.4, 0.5) is 8.78 Å². The monoisotopic (exact) mass is 259 g/mol. The third kappa shape index (κ3) is 3.32. The van der Waals surface area contributed by atoms with Gasteiger partial charge in [0, 0.05) is 0 Å². The van der Waals surface area contributed by atoms with Gasteiger partial charge in [0.1, 0.15) is 17.7 Å². The molecule has 6 heteroatoms. The molecule has 0 amide bonds. The van der Waals surface area contributed by atoms with Crippen molar-refractivity contribution in [3.05, 3.63) is 34.9 Å². The zero-order valence-corrected chi connectivity index (χ0v) is 9.86. The molecular weight excluding hydrogens is 244 g/mol. The van der Waals surface area contributed by atoms with E-state index in [1.54, 1.807) is 7.05 Å². The molecule has 2 atom stereocenters. The van der Waals surface area contributed by atoms with Crippen LogP contribution in [-0.4, -0.2) is 36.2 Å². The molecule has 0 aliphatic carbocycles. The fourth-order valence-corrected chi connectivity index (χ4v) is 1.56. The van der Waals surface area contributed by atoms with Crippen molar-refractivity contribution in [3.8, 4) is 0 Å². The van der Waals surface area contributed by atoms with Crippen LogP contribution in [0, 0.1) is 11.6 Å². The van der Waals surface area contributed by atoms with Gasteiger partial charge >= 0.3 is 0 Å². The van der Waals surface area contributed by atoms with E-state index in [0.717, 1.165) is 12.1 Å². The summed E-state index contributed by atoms with van der Waals surface area (Å²) in [6.07, 6.45) is -2.24. The smallest absolute Gasteiger partial charge is 0.155 e. The van der Waals surface area contributed by atoms with Gasteiger partial charge in [-0.2, -0.15) is 0 Å². The summed E-state index contributed by atoms with van der Waals surface area (Å²) in [7, 11) is 1.68. The van der Waals surface area contributed by atoms with Crippen LogP contribution in [0.3, 0.4) is 0 Å². The third-order valence-corrected chi connectivity index (χ3v) is 2.62. The van der Waals surface area contributed by atoms with E-state index in [2.05, 4.69) is 5.32 Å². The maximum Gasteiger partial charge on any atom is 0.155 e. The highest BCUT2D eigenvalue weighted by Gasteiger charge is 2.21. The maximum absolute atomic E-state index is 13.3. The molecule has 0 aromatic heterocycles. The Hall–Kier alpha value is -1.37. The third-order valence-electron chi connectivity index (χ3n) is 2.62. The largest absolute Gasteiger partial charge is 0.390 e. The molecule has 0 saturated carbocycles.